The minimum absolute atomic E-state index is 0.379. The summed E-state index contributed by atoms with van der Waals surface area (Å²) in [5, 5.41) is 3.89. The maximum absolute atomic E-state index is 11.3. The number of methoxy groups -OCH3 is 1. The van der Waals surface area contributed by atoms with Crippen molar-refractivity contribution in [1.29, 1.82) is 0 Å². The van der Waals surface area contributed by atoms with Crippen molar-refractivity contribution in [2.45, 2.75) is 6.54 Å². The van der Waals surface area contributed by atoms with Gasteiger partial charge < -0.3 is 15.0 Å². The quantitative estimate of drug-likeness (QED) is 0.830. The fraction of sp³-hybridized carbons (Fsp3) is 0.154. The van der Waals surface area contributed by atoms with Crippen LogP contribution in [0, 0.1) is 0 Å². The Balaban J connectivity index is 2.04. The van der Waals surface area contributed by atoms with Crippen LogP contribution in [-0.4, -0.2) is 18.1 Å². The highest BCUT2D eigenvalue weighted by atomic mass is 79.9. The van der Waals surface area contributed by atoms with Gasteiger partial charge in [0.25, 0.3) is 0 Å². The lowest BCUT2D eigenvalue weighted by atomic mass is 10.3. The predicted molar refractivity (Wildman–Crippen MR) is 78.6 cm³/mol. The molecule has 0 unspecified atom stereocenters. The van der Waals surface area contributed by atoms with Gasteiger partial charge in [0.15, 0.2) is 0 Å². The summed E-state index contributed by atoms with van der Waals surface area (Å²) in [6, 6.07) is 9.03. The van der Waals surface area contributed by atoms with E-state index in [2.05, 4.69) is 31.0 Å². The molecule has 1 aromatic heterocycles. The minimum Gasteiger partial charge on any atom is -0.464 e. The third kappa shape index (κ3) is 3.52. The summed E-state index contributed by atoms with van der Waals surface area (Å²) >= 11 is 9.37. The van der Waals surface area contributed by atoms with Crippen LogP contribution in [0.4, 0.5) is 5.69 Å². The molecule has 0 atom stereocenters. The molecular weight excluding hydrogens is 332 g/mol. The molecule has 0 radical (unpaired) electrons. The van der Waals surface area contributed by atoms with Gasteiger partial charge in [-0.05, 0) is 46.3 Å². The molecule has 0 aliphatic carbocycles. The SMILES string of the molecule is COC(=O)c1ccc(CNc2cc(Cl)ccc2Br)[nH]1. The minimum atomic E-state index is -0.379. The van der Waals surface area contributed by atoms with Crippen LogP contribution in [0.25, 0.3) is 0 Å². The Morgan fingerprint density at radius 3 is 2.95 bits per heavy atom. The number of aromatic amines is 1. The van der Waals surface area contributed by atoms with Gasteiger partial charge in [-0.2, -0.15) is 0 Å². The summed E-state index contributed by atoms with van der Waals surface area (Å²) < 4.78 is 5.56. The normalized spacial score (nSPS) is 10.3. The first kappa shape index (κ1) is 14.0. The number of hydrogen-bond donors (Lipinski definition) is 2. The largest absolute Gasteiger partial charge is 0.464 e. The molecule has 1 heterocycles. The molecule has 0 bridgehead atoms. The molecule has 0 fully saturated rings. The smallest absolute Gasteiger partial charge is 0.354 e. The van der Waals surface area contributed by atoms with Crippen molar-refractivity contribution >= 4 is 39.2 Å². The summed E-state index contributed by atoms with van der Waals surface area (Å²) in [5.41, 5.74) is 2.21. The van der Waals surface area contributed by atoms with Crippen LogP contribution in [0.5, 0.6) is 0 Å². The third-order valence-electron chi connectivity index (χ3n) is 2.55. The molecule has 0 saturated heterocycles. The molecule has 1 aromatic carbocycles. The zero-order chi connectivity index (χ0) is 13.8. The van der Waals surface area contributed by atoms with Crippen LogP contribution in [0.15, 0.2) is 34.8 Å². The van der Waals surface area contributed by atoms with E-state index in [0.717, 1.165) is 15.9 Å². The maximum atomic E-state index is 11.3. The lowest BCUT2D eigenvalue weighted by Crippen LogP contribution is -2.04. The second-order valence-corrected chi connectivity index (χ2v) is 5.16. The fourth-order valence-corrected chi connectivity index (χ4v) is 2.15. The second-order valence-electron chi connectivity index (χ2n) is 3.87. The molecule has 6 heteroatoms. The first-order valence-corrected chi connectivity index (χ1v) is 6.72. The van der Waals surface area contributed by atoms with E-state index in [9.17, 15) is 4.79 Å². The van der Waals surface area contributed by atoms with Gasteiger partial charge in [0.1, 0.15) is 5.69 Å². The van der Waals surface area contributed by atoms with E-state index >= 15 is 0 Å². The standard InChI is InChI=1S/C13H12BrClN2O2/c1-19-13(18)11-5-3-9(17-11)7-16-12-6-8(15)2-4-10(12)14/h2-6,16-17H,7H2,1H3. The molecule has 2 aromatic rings. The highest BCUT2D eigenvalue weighted by molar-refractivity contribution is 9.10. The summed E-state index contributed by atoms with van der Waals surface area (Å²) in [7, 11) is 1.35. The molecule has 4 nitrogen and oxygen atoms in total. The number of H-pyrrole nitrogens is 1. The number of ether oxygens (including phenoxy) is 1. The van der Waals surface area contributed by atoms with E-state index in [1.807, 2.05) is 18.2 Å². The van der Waals surface area contributed by atoms with Crippen LogP contribution < -0.4 is 5.32 Å². The maximum Gasteiger partial charge on any atom is 0.354 e. The van der Waals surface area contributed by atoms with Crippen LogP contribution in [0.1, 0.15) is 16.2 Å². The number of rotatable bonds is 4. The molecule has 2 rings (SSSR count). The van der Waals surface area contributed by atoms with Gasteiger partial charge in [0, 0.05) is 15.2 Å². The number of carbonyl (C=O) groups is 1. The van der Waals surface area contributed by atoms with Crippen LogP contribution >= 0.6 is 27.5 Å². The van der Waals surface area contributed by atoms with Crippen molar-refractivity contribution in [1.82, 2.24) is 4.98 Å². The van der Waals surface area contributed by atoms with E-state index < -0.39 is 0 Å². The number of aromatic nitrogens is 1. The Morgan fingerprint density at radius 2 is 2.21 bits per heavy atom. The van der Waals surface area contributed by atoms with Crippen molar-refractivity contribution in [3.63, 3.8) is 0 Å². The van der Waals surface area contributed by atoms with E-state index in [0.29, 0.717) is 17.3 Å². The third-order valence-corrected chi connectivity index (χ3v) is 3.48. The Kier molecular flexibility index (Phi) is 4.50. The summed E-state index contributed by atoms with van der Waals surface area (Å²) in [6.07, 6.45) is 0. The first-order chi connectivity index (χ1) is 9.10. The van der Waals surface area contributed by atoms with E-state index in [4.69, 9.17) is 11.6 Å². The summed E-state index contributed by atoms with van der Waals surface area (Å²) in [5.74, 6) is -0.379. The molecule has 19 heavy (non-hydrogen) atoms. The average Bonchev–Trinajstić information content (AvgIpc) is 2.88. The number of nitrogens with one attached hydrogen (secondary N) is 2. The van der Waals surface area contributed by atoms with Crippen molar-refractivity contribution in [2.24, 2.45) is 0 Å². The Hall–Kier alpha value is -1.46. The highest BCUT2D eigenvalue weighted by Gasteiger charge is 2.08. The molecule has 0 saturated carbocycles. The Morgan fingerprint density at radius 1 is 1.42 bits per heavy atom. The fourth-order valence-electron chi connectivity index (χ4n) is 1.60. The van der Waals surface area contributed by atoms with E-state index in [1.165, 1.54) is 7.11 Å². The van der Waals surface area contributed by atoms with Gasteiger partial charge in [-0.3, -0.25) is 0 Å². The zero-order valence-corrected chi connectivity index (χ0v) is 12.5. The van der Waals surface area contributed by atoms with Crippen molar-refractivity contribution < 1.29 is 9.53 Å². The van der Waals surface area contributed by atoms with Gasteiger partial charge >= 0.3 is 5.97 Å². The molecule has 0 aliphatic rings. The van der Waals surface area contributed by atoms with Gasteiger partial charge in [-0.15, -0.1) is 0 Å². The second kappa shape index (κ2) is 6.12. The molecule has 0 aliphatic heterocycles. The van der Waals surface area contributed by atoms with Crippen LogP contribution in [-0.2, 0) is 11.3 Å². The number of halogens is 2. The van der Waals surface area contributed by atoms with Crippen molar-refractivity contribution in [2.75, 3.05) is 12.4 Å². The Bertz CT molecular complexity index is 598. The van der Waals surface area contributed by atoms with Crippen molar-refractivity contribution in [3.8, 4) is 0 Å². The van der Waals surface area contributed by atoms with Crippen LogP contribution in [0.3, 0.4) is 0 Å². The number of esters is 1. The molecule has 0 spiro atoms. The number of benzene rings is 1. The average molecular weight is 344 g/mol. The van der Waals surface area contributed by atoms with Gasteiger partial charge in [-0.1, -0.05) is 11.6 Å². The Labute approximate surface area is 124 Å². The van der Waals surface area contributed by atoms with Gasteiger partial charge in [0.05, 0.1) is 19.3 Å². The molecule has 100 valence electrons. The molecular formula is C13H12BrClN2O2. The van der Waals surface area contributed by atoms with Gasteiger partial charge in [-0.25, -0.2) is 4.79 Å². The topological polar surface area (TPSA) is 54.1 Å². The lowest BCUT2D eigenvalue weighted by molar-refractivity contribution is 0.0594. The number of hydrogen-bond acceptors (Lipinski definition) is 3. The van der Waals surface area contributed by atoms with Crippen LogP contribution in [0.2, 0.25) is 5.02 Å². The van der Waals surface area contributed by atoms with E-state index in [1.54, 1.807) is 12.1 Å². The molecule has 0 amide bonds. The van der Waals surface area contributed by atoms with Crippen molar-refractivity contribution in [3.05, 3.63) is 51.2 Å². The van der Waals surface area contributed by atoms with Gasteiger partial charge in [0.2, 0.25) is 0 Å². The summed E-state index contributed by atoms with van der Waals surface area (Å²) in [4.78, 5) is 14.3. The lowest BCUT2D eigenvalue weighted by Gasteiger charge is -2.08. The zero-order valence-electron chi connectivity index (χ0n) is 10.2. The highest BCUT2D eigenvalue weighted by Crippen LogP contribution is 2.26. The van der Waals surface area contributed by atoms with E-state index in [-0.39, 0.29) is 5.97 Å². The monoisotopic (exact) mass is 342 g/mol. The predicted octanol–water partition coefficient (Wildman–Crippen LogP) is 3.83. The first-order valence-electron chi connectivity index (χ1n) is 5.55. The number of anilines is 1. The number of carbonyl (C=O) groups excluding carboxylic acids is 1. The molecule has 2 N–H and O–H groups in total. The summed E-state index contributed by atoms with van der Waals surface area (Å²) in [6.45, 7) is 0.552.